The summed E-state index contributed by atoms with van der Waals surface area (Å²) in [6.45, 7) is 3.80. The summed E-state index contributed by atoms with van der Waals surface area (Å²) < 4.78 is 1.63. The number of carboxylic acids is 1. The van der Waals surface area contributed by atoms with Crippen LogP contribution in [-0.2, 0) is 19.9 Å². The maximum Gasteiger partial charge on any atom is 0.330 e. The van der Waals surface area contributed by atoms with E-state index in [0.717, 1.165) is 0 Å². The van der Waals surface area contributed by atoms with Crippen molar-refractivity contribution in [2.24, 2.45) is 5.92 Å². The van der Waals surface area contributed by atoms with Gasteiger partial charge in [0.1, 0.15) is 5.54 Å². The van der Waals surface area contributed by atoms with Gasteiger partial charge in [0.05, 0.1) is 12.2 Å². The Balaban J connectivity index is 1.66. The Labute approximate surface area is 146 Å². The molecule has 2 amide bonds. The van der Waals surface area contributed by atoms with Gasteiger partial charge < -0.3 is 19.5 Å². The van der Waals surface area contributed by atoms with Crippen LogP contribution in [0, 0.1) is 5.92 Å². The molecule has 0 unspecified atom stereocenters. The van der Waals surface area contributed by atoms with Crippen LogP contribution in [-0.4, -0.2) is 68.4 Å². The summed E-state index contributed by atoms with van der Waals surface area (Å²) in [4.78, 5) is 43.9. The molecule has 2 saturated heterocycles. The number of carboxylic acid groups (broad SMARTS) is 1. The SMILES string of the molecule is CCN1C[C@H](C(=O)N2CCC(C(=O)O)(n3ccnc3)CC2)CCC1=O. The molecule has 8 heteroatoms. The highest BCUT2D eigenvalue weighted by molar-refractivity contribution is 5.84. The van der Waals surface area contributed by atoms with Crippen molar-refractivity contribution in [1.82, 2.24) is 19.4 Å². The first-order valence-corrected chi connectivity index (χ1v) is 8.76. The summed E-state index contributed by atoms with van der Waals surface area (Å²) in [5.41, 5.74) is -1.04. The highest BCUT2D eigenvalue weighted by Gasteiger charge is 2.45. The van der Waals surface area contributed by atoms with Crippen molar-refractivity contribution in [2.75, 3.05) is 26.2 Å². The minimum Gasteiger partial charge on any atom is -0.479 e. The fraction of sp³-hybridized carbons (Fsp3) is 0.647. The molecule has 0 aliphatic carbocycles. The molecule has 2 aliphatic rings. The van der Waals surface area contributed by atoms with Crippen molar-refractivity contribution in [1.29, 1.82) is 0 Å². The minimum atomic E-state index is -1.04. The predicted octanol–water partition coefficient (Wildman–Crippen LogP) is 0.544. The van der Waals surface area contributed by atoms with E-state index in [1.54, 1.807) is 26.8 Å². The monoisotopic (exact) mass is 348 g/mol. The van der Waals surface area contributed by atoms with Gasteiger partial charge in [0.25, 0.3) is 0 Å². The lowest BCUT2D eigenvalue weighted by Gasteiger charge is -2.41. The van der Waals surface area contributed by atoms with Crippen molar-refractivity contribution < 1.29 is 19.5 Å². The Morgan fingerprint density at radius 1 is 1.36 bits per heavy atom. The van der Waals surface area contributed by atoms with Gasteiger partial charge in [-0.1, -0.05) is 0 Å². The van der Waals surface area contributed by atoms with E-state index in [4.69, 9.17) is 0 Å². The first-order valence-electron chi connectivity index (χ1n) is 8.76. The molecule has 0 radical (unpaired) electrons. The van der Waals surface area contributed by atoms with Crippen LogP contribution in [0.3, 0.4) is 0 Å². The normalized spacial score (nSPS) is 23.6. The third kappa shape index (κ3) is 3.12. The highest BCUT2D eigenvalue weighted by atomic mass is 16.4. The van der Waals surface area contributed by atoms with E-state index >= 15 is 0 Å². The lowest BCUT2D eigenvalue weighted by Crippen LogP contribution is -2.54. The molecule has 1 aromatic rings. The molecule has 8 nitrogen and oxygen atoms in total. The Hall–Kier alpha value is -2.38. The van der Waals surface area contributed by atoms with Crippen LogP contribution >= 0.6 is 0 Å². The fourth-order valence-corrected chi connectivity index (χ4v) is 3.87. The number of carbonyl (C=O) groups excluding carboxylic acids is 2. The molecule has 1 atom stereocenters. The second-order valence-electron chi connectivity index (χ2n) is 6.80. The van der Waals surface area contributed by atoms with Gasteiger partial charge in [0.2, 0.25) is 11.8 Å². The second-order valence-corrected chi connectivity index (χ2v) is 6.80. The topological polar surface area (TPSA) is 95.7 Å². The van der Waals surface area contributed by atoms with E-state index in [0.29, 0.717) is 51.9 Å². The molecular weight excluding hydrogens is 324 g/mol. The fourth-order valence-electron chi connectivity index (χ4n) is 3.87. The largest absolute Gasteiger partial charge is 0.479 e. The third-order valence-electron chi connectivity index (χ3n) is 5.53. The van der Waals surface area contributed by atoms with Gasteiger partial charge in [-0.25, -0.2) is 9.78 Å². The number of hydrogen-bond acceptors (Lipinski definition) is 4. The van der Waals surface area contributed by atoms with Crippen LogP contribution < -0.4 is 0 Å². The van der Waals surface area contributed by atoms with E-state index in [1.165, 1.54) is 6.33 Å². The molecular formula is C17H24N4O4. The van der Waals surface area contributed by atoms with Gasteiger partial charge in [0.15, 0.2) is 0 Å². The van der Waals surface area contributed by atoms with E-state index in [-0.39, 0.29) is 17.7 Å². The summed E-state index contributed by atoms with van der Waals surface area (Å²) in [6.07, 6.45) is 6.46. The van der Waals surface area contributed by atoms with E-state index in [1.807, 2.05) is 6.92 Å². The number of aliphatic carboxylic acids is 1. The maximum absolute atomic E-state index is 12.8. The molecule has 1 aromatic heterocycles. The summed E-state index contributed by atoms with van der Waals surface area (Å²) in [5, 5.41) is 9.73. The molecule has 0 saturated carbocycles. The number of hydrogen-bond donors (Lipinski definition) is 1. The van der Waals surface area contributed by atoms with E-state index < -0.39 is 11.5 Å². The summed E-state index contributed by atoms with van der Waals surface area (Å²) in [6, 6.07) is 0. The lowest BCUT2D eigenvalue weighted by atomic mass is 9.86. The van der Waals surface area contributed by atoms with Gasteiger partial charge in [-0.15, -0.1) is 0 Å². The Kier molecular flexibility index (Phi) is 4.78. The van der Waals surface area contributed by atoms with Crippen LogP contribution in [0.4, 0.5) is 0 Å². The number of piperidine rings is 2. The smallest absolute Gasteiger partial charge is 0.330 e. The predicted molar refractivity (Wildman–Crippen MR) is 88.6 cm³/mol. The molecule has 2 aliphatic heterocycles. The molecule has 3 heterocycles. The zero-order valence-corrected chi connectivity index (χ0v) is 14.4. The van der Waals surface area contributed by atoms with Crippen molar-refractivity contribution in [3.63, 3.8) is 0 Å². The number of rotatable bonds is 4. The van der Waals surface area contributed by atoms with Crippen LogP contribution in [0.15, 0.2) is 18.7 Å². The molecule has 2 fully saturated rings. The number of likely N-dealkylation sites (tertiary alicyclic amines) is 2. The first-order chi connectivity index (χ1) is 12.0. The zero-order valence-electron chi connectivity index (χ0n) is 14.4. The number of carbonyl (C=O) groups is 3. The third-order valence-corrected chi connectivity index (χ3v) is 5.53. The first kappa shape index (κ1) is 17.4. The standard InChI is InChI=1S/C17H24N4O4/c1-2-19-11-13(3-4-14(19)22)15(23)20-8-5-17(6-9-20,16(24)25)21-10-7-18-12-21/h7,10,12-13H,2-6,8-9,11H2,1H3,(H,24,25)/t13-/m1/s1. The van der Waals surface area contributed by atoms with Crippen LogP contribution in [0.2, 0.25) is 0 Å². The highest BCUT2D eigenvalue weighted by Crippen LogP contribution is 2.32. The molecule has 3 rings (SSSR count). The summed E-state index contributed by atoms with van der Waals surface area (Å²) in [7, 11) is 0. The van der Waals surface area contributed by atoms with Crippen LogP contribution in [0.1, 0.15) is 32.6 Å². The minimum absolute atomic E-state index is 0.0376. The van der Waals surface area contributed by atoms with Gasteiger partial charge >= 0.3 is 5.97 Å². The molecule has 0 spiro atoms. The number of amides is 2. The maximum atomic E-state index is 12.8. The zero-order chi connectivity index (χ0) is 18.0. The van der Waals surface area contributed by atoms with Crippen molar-refractivity contribution in [2.45, 2.75) is 38.1 Å². The molecule has 0 aromatic carbocycles. The van der Waals surface area contributed by atoms with Gasteiger partial charge in [-0.05, 0) is 26.2 Å². The van der Waals surface area contributed by atoms with E-state index in [2.05, 4.69) is 4.98 Å². The number of imidazole rings is 1. The number of nitrogens with zero attached hydrogens (tertiary/aromatic N) is 4. The average molecular weight is 348 g/mol. The molecule has 136 valence electrons. The Morgan fingerprint density at radius 3 is 2.64 bits per heavy atom. The van der Waals surface area contributed by atoms with Crippen molar-refractivity contribution in [3.05, 3.63) is 18.7 Å². The van der Waals surface area contributed by atoms with Crippen molar-refractivity contribution in [3.8, 4) is 0 Å². The van der Waals surface area contributed by atoms with Gasteiger partial charge in [0, 0.05) is 45.0 Å². The number of aromatic nitrogens is 2. The van der Waals surface area contributed by atoms with Gasteiger partial charge in [-0.2, -0.15) is 0 Å². The Bertz CT molecular complexity index is 650. The van der Waals surface area contributed by atoms with Crippen molar-refractivity contribution >= 4 is 17.8 Å². The molecule has 25 heavy (non-hydrogen) atoms. The summed E-state index contributed by atoms with van der Waals surface area (Å²) in [5.74, 6) is -0.924. The average Bonchev–Trinajstić information content (AvgIpc) is 3.16. The van der Waals surface area contributed by atoms with E-state index in [9.17, 15) is 19.5 Å². The summed E-state index contributed by atoms with van der Waals surface area (Å²) >= 11 is 0. The van der Waals surface area contributed by atoms with Gasteiger partial charge in [-0.3, -0.25) is 9.59 Å². The lowest BCUT2D eigenvalue weighted by molar-refractivity contribution is -0.154. The van der Waals surface area contributed by atoms with Crippen LogP contribution in [0.5, 0.6) is 0 Å². The quantitative estimate of drug-likeness (QED) is 0.857. The molecule has 0 bridgehead atoms. The Morgan fingerprint density at radius 2 is 2.08 bits per heavy atom. The second kappa shape index (κ2) is 6.85. The molecule has 1 N–H and O–H groups in total. The van der Waals surface area contributed by atoms with Crippen LogP contribution in [0.25, 0.3) is 0 Å².